The number of ether oxygens (including phenoxy) is 1. The number of benzene rings is 2. The fourth-order valence-electron chi connectivity index (χ4n) is 1.93. The van der Waals surface area contributed by atoms with Crippen LogP contribution in [0, 0.1) is 6.92 Å². The molecule has 104 valence electrons. The molecule has 0 bridgehead atoms. The molecule has 0 aromatic heterocycles. The Balaban J connectivity index is 2.35. The van der Waals surface area contributed by atoms with Gasteiger partial charge in [-0.25, -0.2) is 0 Å². The summed E-state index contributed by atoms with van der Waals surface area (Å²) in [5.74, 6) is 0.666. The first-order valence-electron chi connectivity index (χ1n) is 6.22. The number of nitrogens with zero attached hydrogens (tertiary/aromatic N) is 1. The number of hydrogen-bond donors (Lipinski definition) is 0. The number of anilines is 1. The Morgan fingerprint density at radius 1 is 1.20 bits per heavy atom. The Labute approximate surface area is 127 Å². The van der Waals surface area contributed by atoms with Gasteiger partial charge in [0.2, 0.25) is 0 Å². The zero-order chi connectivity index (χ0) is 14.7. The van der Waals surface area contributed by atoms with Crippen LogP contribution < -0.4 is 9.64 Å². The summed E-state index contributed by atoms with van der Waals surface area (Å²) in [7, 11) is 3.37. The molecule has 2 aromatic rings. The summed E-state index contributed by atoms with van der Waals surface area (Å²) in [5, 5.41) is 0. The van der Waals surface area contributed by atoms with E-state index in [4.69, 9.17) is 4.74 Å². The standard InChI is InChI=1S/C16H16BrNO2/c1-11-6-4-9-14(15(11)17)16(19)18(2)12-7-5-8-13(10-12)20-3/h4-10H,1-3H3. The molecule has 1 amide bonds. The van der Waals surface area contributed by atoms with Crippen LogP contribution in [0.4, 0.5) is 5.69 Å². The highest BCUT2D eigenvalue weighted by Gasteiger charge is 2.17. The third-order valence-corrected chi connectivity index (χ3v) is 4.22. The van der Waals surface area contributed by atoms with Crippen molar-refractivity contribution in [1.29, 1.82) is 0 Å². The lowest BCUT2D eigenvalue weighted by atomic mass is 10.1. The maximum Gasteiger partial charge on any atom is 0.259 e. The summed E-state index contributed by atoms with van der Waals surface area (Å²) >= 11 is 3.48. The molecule has 4 heteroatoms. The molecular formula is C16H16BrNO2. The van der Waals surface area contributed by atoms with E-state index in [1.54, 1.807) is 19.1 Å². The minimum atomic E-state index is -0.0613. The summed E-state index contributed by atoms with van der Waals surface area (Å²) < 4.78 is 6.02. The smallest absolute Gasteiger partial charge is 0.259 e. The van der Waals surface area contributed by atoms with Crippen molar-refractivity contribution in [3.05, 3.63) is 58.1 Å². The Kier molecular flexibility index (Phi) is 4.45. The monoisotopic (exact) mass is 333 g/mol. The minimum absolute atomic E-state index is 0.0613. The summed E-state index contributed by atoms with van der Waals surface area (Å²) in [4.78, 5) is 14.2. The van der Waals surface area contributed by atoms with E-state index in [2.05, 4.69) is 15.9 Å². The van der Waals surface area contributed by atoms with Crippen molar-refractivity contribution in [1.82, 2.24) is 0 Å². The molecule has 0 aliphatic carbocycles. The molecule has 3 nitrogen and oxygen atoms in total. The van der Waals surface area contributed by atoms with Gasteiger partial charge in [0.25, 0.3) is 5.91 Å². The van der Waals surface area contributed by atoms with Gasteiger partial charge in [0.1, 0.15) is 5.75 Å². The van der Waals surface area contributed by atoms with Crippen LogP contribution in [0.5, 0.6) is 5.75 Å². The highest BCUT2D eigenvalue weighted by atomic mass is 79.9. The van der Waals surface area contributed by atoms with E-state index < -0.39 is 0 Å². The Hall–Kier alpha value is -1.81. The molecule has 2 aromatic carbocycles. The molecule has 2 rings (SSSR count). The normalized spacial score (nSPS) is 10.2. The second-order valence-electron chi connectivity index (χ2n) is 4.50. The molecular weight excluding hydrogens is 318 g/mol. The summed E-state index contributed by atoms with van der Waals surface area (Å²) in [5.41, 5.74) is 2.48. The van der Waals surface area contributed by atoms with Gasteiger partial charge in [0.15, 0.2) is 0 Å². The van der Waals surface area contributed by atoms with Crippen LogP contribution in [-0.4, -0.2) is 20.1 Å². The zero-order valence-corrected chi connectivity index (χ0v) is 13.3. The Morgan fingerprint density at radius 3 is 2.60 bits per heavy atom. The van der Waals surface area contributed by atoms with Crippen molar-refractivity contribution in [3.63, 3.8) is 0 Å². The van der Waals surface area contributed by atoms with E-state index >= 15 is 0 Å². The molecule has 20 heavy (non-hydrogen) atoms. The summed E-state index contributed by atoms with van der Waals surface area (Å²) in [6.45, 7) is 1.96. The van der Waals surface area contributed by atoms with Crippen LogP contribution in [0.25, 0.3) is 0 Å². The largest absolute Gasteiger partial charge is 0.497 e. The second-order valence-corrected chi connectivity index (χ2v) is 5.30. The van der Waals surface area contributed by atoms with Gasteiger partial charge >= 0.3 is 0 Å². The highest BCUT2D eigenvalue weighted by Crippen LogP contribution is 2.25. The average molecular weight is 334 g/mol. The fourth-order valence-corrected chi connectivity index (χ4v) is 2.36. The molecule has 0 saturated carbocycles. The quantitative estimate of drug-likeness (QED) is 0.848. The Morgan fingerprint density at radius 2 is 1.90 bits per heavy atom. The number of amides is 1. The van der Waals surface area contributed by atoms with E-state index in [0.717, 1.165) is 21.5 Å². The predicted molar refractivity (Wildman–Crippen MR) is 84.6 cm³/mol. The first-order valence-corrected chi connectivity index (χ1v) is 7.01. The molecule has 0 spiro atoms. The average Bonchev–Trinajstić information content (AvgIpc) is 2.48. The van der Waals surface area contributed by atoms with E-state index in [1.807, 2.05) is 49.4 Å². The number of methoxy groups -OCH3 is 1. The van der Waals surface area contributed by atoms with Gasteiger partial charge in [-0.05, 0) is 46.6 Å². The molecule has 0 unspecified atom stereocenters. The van der Waals surface area contributed by atoms with E-state index in [0.29, 0.717) is 5.56 Å². The first kappa shape index (κ1) is 14.6. The number of carbonyl (C=O) groups excluding carboxylic acids is 1. The van der Waals surface area contributed by atoms with Crippen LogP contribution in [0.1, 0.15) is 15.9 Å². The van der Waals surface area contributed by atoms with Crippen molar-refractivity contribution in [3.8, 4) is 5.75 Å². The number of carbonyl (C=O) groups is 1. The number of hydrogen-bond acceptors (Lipinski definition) is 2. The van der Waals surface area contributed by atoms with Gasteiger partial charge in [-0.1, -0.05) is 18.2 Å². The number of halogens is 1. The molecule has 0 N–H and O–H groups in total. The Bertz CT molecular complexity index is 640. The molecule has 0 heterocycles. The lowest BCUT2D eigenvalue weighted by Gasteiger charge is -2.19. The topological polar surface area (TPSA) is 29.5 Å². The molecule has 0 saturated heterocycles. The lowest BCUT2D eigenvalue weighted by Crippen LogP contribution is -2.26. The van der Waals surface area contributed by atoms with E-state index in [9.17, 15) is 4.79 Å². The molecule has 0 fully saturated rings. The van der Waals surface area contributed by atoms with Crippen molar-refractivity contribution in [2.24, 2.45) is 0 Å². The minimum Gasteiger partial charge on any atom is -0.497 e. The first-order chi connectivity index (χ1) is 9.54. The maximum atomic E-state index is 12.6. The highest BCUT2D eigenvalue weighted by molar-refractivity contribution is 9.10. The summed E-state index contributed by atoms with van der Waals surface area (Å²) in [6, 6.07) is 13.1. The van der Waals surface area contributed by atoms with E-state index in [1.165, 1.54) is 0 Å². The number of rotatable bonds is 3. The van der Waals surface area contributed by atoms with Crippen molar-refractivity contribution in [2.75, 3.05) is 19.1 Å². The van der Waals surface area contributed by atoms with Crippen molar-refractivity contribution >= 4 is 27.5 Å². The van der Waals surface area contributed by atoms with Crippen LogP contribution in [0.15, 0.2) is 46.9 Å². The van der Waals surface area contributed by atoms with Crippen molar-refractivity contribution in [2.45, 2.75) is 6.92 Å². The van der Waals surface area contributed by atoms with Gasteiger partial charge in [-0.15, -0.1) is 0 Å². The maximum absolute atomic E-state index is 12.6. The molecule has 0 radical (unpaired) electrons. The third kappa shape index (κ3) is 2.85. The van der Waals surface area contributed by atoms with Gasteiger partial charge in [-0.2, -0.15) is 0 Å². The molecule has 0 aliphatic rings. The van der Waals surface area contributed by atoms with Gasteiger partial charge in [0.05, 0.1) is 12.7 Å². The van der Waals surface area contributed by atoms with E-state index in [-0.39, 0.29) is 5.91 Å². The van der Waals surface area contributed by atoms with Crippen LogP contribution >= 0.6 is 15.9 Å². The van der Waals surface area contributed by atoms with Crippen LogP contribution in [0.3, 0.4) is 0 Å². The van der Waals surface area contributed by atoms with Crippen LogP contribution in [0.2, 0.25) is 0 Å². The fraction of sp³-hybridized carbons (Fsp3) is 0.188. The molecule has 0 atom stereocenters. The SMILES string of the molecule is COc1cccc(N(C)C(=O)c2cccc(C)c2Br)c1. The summed E-state index contributed by atoms with van der Waals surface area (Å²) in [6.07, 6.45) is 0. The predicted octanol–water partition coefficient (Wildman–Crippen LogP) is 4.04. The zero-order valence-electron chi connectivity index (χ0n) is 11.7. The van der Waals surface area contributed by atoms with Crippen LogP contribution in [-0.2, 0) is 0 Å². The number of aryl methyl sites for hydroxylation is 1. The third-order valence-electron chi connectivity index (χ3n) is 3.17. The van der Waals surface area contributed by atoms with Gasteiger partial charge in [0, 0.05) is 23.3 Å². The molecule has 0 aliphatic heterocycles. The van der Waals surface area contributed by atoms with Gasteiger partial charge in [-0.3, -0.25) is 4.79 Å². The van der Waals surface area contributed by atoms with Crippen molar-refractivity contribution < 1.29 is 9.53 Å². The van der Waals surface area contributed by atoms with Gasteiger partial charge < -0.3 is 9.64 Å². The second kappa shape index (κ2) is 6.09. The lowest BCUT2D eigenvalue weighted by molar-refractivity contribution is 0.0992.